The van der Waals surface area contributed by atoms with Gasteiger partial charge in [-0.05, 0) is 55.2 Å². The van der Waals surface area contributed by atoms with E-state index < -0.39 is 30.4 Å². The van der Waals surface area contributed by atoms with E-state index in [0.29, 0.717) is 46.6 Å². The number of amides is 2. The van der Waals surface area contributed by atoms with E-state index in [1.807, 2.05) is 12.1 Å². The van der Waals surface area contributed by atoms with Crippen LogP contribution in [-0.2, 0) is 16.1 Å². The number of carbonyl (C=O) groups excluding carboxylic acids is 2. The highest BCUT2D eigenvalue weighted by Gasteiger charge is 2.35. The lowest BCUT2D eigenvalue weighted by atomic mass is 10.0. The van der Waals surface area contributed by atoms with Crippen molar-refractivity contribution >= 4 is 41.0 Å². The highest BCUT2D eigenvalue weighted by molar-refractivity contribution is 6.33. The number of ether oxygens (including phenoxy) is 1. The summed E-state index contributed by atoms with van der Waals surface area (Å²) >= 11 is 12.4. The number of carbonyl (C=O) groups is 2. The molecule has 5 rings (SSSR count). The van der Waals surface area contributed by atoms with Crippen LogP contribution in [0.2, 0.25) is 10.0 Å². The lowest BCUT2D eigenvalue weighted by Gasteiger charge is -2.26. The first-order valence-electron chi connectivity index (χ1n) is 12.9. The number of aromatic nitrogens is 2. The standard InChI is InChI=1S/C28H28Cl2FN5O4/c1-15(26(38)34-24(14-37)18-8-19(29)11-20(31)9-18)36-13-17-3-2-16(10-22(17)27(36)39)25-23(30)12-32-28(35-25)33-21-4-6-40-7-5-21/h2-3,8-12,15,21,24,37H,4-7,13-14H2,1H3,(H,34,38)(H,32,33,35). The van der Waals surface area contributed by atoms with Gasteiger partial charge < -0.3 is 25.4 Å². The molecule has 2 unspecified atom stereocenters. The third-order valence-electron chi connectivity index (χ3n) is 7.15. The number of nitrogens with zero attached hydrogens (tertiary/aromatic N) is 3. The summed E-state index contributed by atoms with van der Waals surface area (Å²) in [7, 11) is 0. The van der Waals surface area contributed by atoms with Crippen LogP contribution in [0.3, 0.4) is 0 Å². The summed E-state index contributed by atoms with van der Waals surface area (Å²) in [6.45, 7) is 2.71. The SMILES string of the molecule is CC(C(=O)NC(CO)c1cc(F)cc(Cl)c1)N1Cc2ccc(-c3nc(NC4CCOCC4)ncc3Cl)cc2C1=O. The van der Waals surface area contributed by atoms with E-state index in [0.717, 1.165) is 24.5 Å². The van der Waals surface area contributed by atoms with Gasteiger partial charge in [-0.25, -0.2) is 14.4 Å². The van der Waals surface area contributed by atoms with Crippen molar-refractivity contribution in [2.75, 3.05) is 25.1 Å². The molecule has 0 spiro atoms. The van der Waals surface area contributed by atoms with E-state index in [1.54, 1.807) is 13.0 Å². The maximum absolute atomic E-state index is 13.8. The van der Waals surface area contributed by atoms with Crippen LogP contribution in [-0.4, -0.2) is 63.7 Å². The number of rotatable bonds is 8. The highest BCUT2D eigenvalue weighted by atomic mass is 35.5. The third kappa shape index (κ3) is 6.05. The fourth-order valence-corrected chi connectivity index (χ4v) is 5.32. The molecule has 2 aromatic carbocycles. The molecule has 0 aliphatic carbocycles. The maximum Gasteiger partial charge on any atom is 0.255 e. The molecule has 2 amide bonds. The van der Waals surface area contributed by atoms with Crippen molar-refractivity contribution in [3.8, 4) is 11.3 Å². The zero-order chi connectivity index (χ0) is 28.4. The van der Waals surface area contributed by atoms with Gasteiger partial charge in [0.05, 0.1) is 29.6 Å². The summed E-state index contributed by atoms with van der Waals surface area (Å²) in [4.78, 5) is 36.8. The number of hydrogen-bond acceptors (Lipinski definition) is 7. The number of aliphatic hydroxyl groups excluding tert-OH is 1. The van der Waals surface area contributed by atoms with Crippen LogP contribution in [0.15, 0.2) is 42.6 Å². The Morgan fingerprint density at radius 3 is 2.73 bits per heavy atom. The fourth-order valence-electron chi connectivity index (χ4n) is 4.89. The normalized spacial score (nSPS) is 16.9. The molecule has 3 heterocycles. The Bertz CT molecular complexity index is 1420. The van der Waals surface area contributed by atoms with Crippen LogP contribution in [0.25, 0.3) is 11.3 Å². The van der Waals surface area contributed by atoms with E-state index >= 15 is 0 Å². The Morgan fingerprint density at radius 2 is 2.00 bits per heavy atom. The highest BCUT2D eigenvalue weighted by Crippen LogP contribution is 2.32. The Morgan fingerprint density at radius 1 is 1.23 bits per heavy atom. The predicted molar refractivity (Wildman–Crippen MR) is 149 cm³/mol. The van der Waals surface area contributed by atoms with Gasteiger partial charge >= 0.3 is 0 Å². The summed E-state index contributed by atoms with van der Waals surface area (Å²) in [5.41, 5.74) is 2.67. The van der Waals surface area contributed by atoms with Gasteiger partial charge in [-0.2, -0.15) is 0 Å². The van der Waals surface area contributed by atoms with E-state index in [4.69, 9.17) is 27.9 Å². The first kappa shape index (κ1) is 28.2. The molecule has 210 valence electrons. The number of halogens is 3. The van der Waals surface area contributed by atoms with E-state index in [9.17, 15) is 19.1 Å². The molecule has 12 heteroatoms. The smallest absolute Gasteiger partial charge is 0.255 e. The quantitative estimate of drug-likeness (QED) is 0.358. The minimum Gasteiger partial charge on any atom is -0.394 e. The molecule has 40 heavy (non-hydrogen) atoms. The Kier molecular flexibility index (Phi) is 8.51. The summed E-state index contributed by atoms with van der Waals surface area (Å²) in [5.74, 6) is -0.953. The predicted octanol–water partition coefficient (Wildman–Crippen LogP) is 4.37. The molecule has 2 atom stereocenters. The van der Waals surface area contributed by atoms with Gasteiger partial charge in [-0.3, -0.25) is 9.59 Å². The molecular weight excluding hydrogens is 560 g/mol. The zero-order valence-corrected chi connectivity index (χ0v) is 23.2. The molecule has 1 saturated heterocycles. The first-order chi connectivity index (χ1) is 19.2. The van der Waals surface area contributed by atoms with Crippen molar-refractivity contribution in [2.24, 2.45) is 0 Å². The van der Waals surface area contributed by atoms with Gasteiger partial charge in [-0.15, -0.1) is 0 Å². The van der Waals surface area contributed by atoms with Crippen LogP contribution in [0.5, 0.6) is 0 Å². The molecule has 3 aromatic rings. The Hall–Kier alpha value is -3.31. The van der Waals surface area contributed by atoms with Gasteiger partial charge in [0.15, 0.2) is 0 Å². The first-order valence-corrected chi connectivity index (χ1v) is 13.7. The number of hydrogen-bond donors (Lipinski definition) is 3. The molecule has 3 N–H and O–H groups in total. The third-order valence-corrected chi connectivity index (χ3v) is 7.64. The number of aliphatic hydroxyl groups is 1. The minimum atomic E-state index is -0.890. The number of anilines is 1. The molecule has 0 radical (unpaired) electrons. The van der Waals surface area contributed by atoms with Crippen molar-refractivity contribution in [1.29, 1.82) is 0 Å². The van der Waals surface area contributed by atoms with Crippen LogP contribution in [0.4, 0.5) is 10.3 Å². The molecule has 2 aliphatic rings. The van der Waals surface area contributed by atoms with Gasteiger partial charge in [0.1, 0.15) is 11.9 Å². The second kappa shape index (κ2) is 12.1. The topological polar surface area (TPSA) is 117 Å². The fraction of sp³-hybridized carbons (Fsp3) is 0.357. The number of benzene rings is 2. The minimum absolute atomic E-state index is 0.145. The van der Waals surface area contributed by atoms with E-state index in [-0.39, 0.29) is 23.5 Å². The summed E-state index contributed by atoms with van der Waals surface area (Å²) in [6, 6.07) is 7.63. The van der Waals surface area contributed by atoms with Gasteiger partial charge in [0.2, 0.25) is 11.9 Å². The molecule has 1 fully saturated rings. The van der Waals surface area contributed by atoms with Gasteiger partial charge in [0.25, 0.3) is 5.91 Å². The molecule has 0 saturated carbocycles. The summed E-state index contributed by atoms with van der Waals surface area (Å²) in [6.07, 6.45) is 3.24. The van der Waals surface area contributed by atoms with Crippen LogP contribution < -0.4 is 10.6 Å². The molecule has 0 bridgehead atoms. The monoisotopic (exact) mass is 587 g/mol. The van der Waals surface area contributed by atoms with Crippen molar-refractivity contribution < 1.29 is 23.8 Å². The van der Waals surface area contributed by atoms with Crippen molar-refractivity contribution in [2.45, 2.75) is 44.4 Å². The number of fused-ring (bicyclic) bond motifs is 1. The lowest BCUT2D eigenvalue weighted by Crippen LogP contribution is -2.46. The van der Waals surface area contributed by atoms with Crippen molar-refractivity contribution in [3.63, 3.8) is 0 Å². The average molecular weight is 588 g/mol. The largest absolute Gasteiger partial charge is 0.394 e. The van der Waals surface area contributed by atoms with Gasteiger partial charge in [0, 0.05) is 41.9 Å². The van der Waals surface area contributed by atoms with E-state index in [1.165, 1.54) is 23.2 Å². The zero-order valence-electron chi connectivity index (χ0n) is 21.7. The second-order valence-electron chi connectivity index (χ2n) is 9.85. The van der Waals surface area contributed by atoms with Gasteiger partial charge in [-0.1, -0.05) is 35.3 Å². The lowest BCUT2D eigenvalue weighted by molar-refractivity contribution is -0.126. The average Bonchev–Trinajstić information content (AvgIpc) is 3.27. The van der Waals surface area contributed by atoms with Crippen LogP contribution in [0, 0.1) is 5.82 Å². The Labute approximate surface area is 240 Å². The van der Waals surface area contributed by atoms with Crippen LogP contribution >= 0.6 is 23.2 Å². The van der Waals surface area contributed by atoms with Crippen molar-refractivity contribution in [1.82, 2.24) is 20.2 Å². The summed E-state index contributed by atoms with van der Waals surface area (Å²) in [5, 5.41) is 16.3. The number of nitrogens with one attached hydrogen (secondary N) is 2. The molecule has 9 nitrogen and oxygen atoms in total. The Balaban J connectivity index is 1.31. The van der Waals surface area contributed by atoms with Crippen molar-refractivity contribution in [3.05, 3.63) is 75.1 Å². The second-order valence-corrected chi connectivity index (χ2v) is 10.7. The van der Waals surface area contributed by atoms with E-state index in [2.05, 4.69) is 20.6 Å². The van der Waals surface area contributed by atoms with Crippen LogP contribution in [0.1, 0.15) is 47.3 Å². The maximum atomic E-state index is 13.8. The summed E-state index contributed by atoms with van der Waals surface area (Å²) < 4.78 is 19.2. The molecule has 2 aliphatic heterocycles. The molecule has 1 aromatic heterocycles. The molecular formula is C28H28Cl2FN5O4.